The van der Waals surface area contributed by atoms with Gasteiger partial charge in [0.15, 0.2) is 0 Å². The van der Waals surface area contributed by atoms with E-state index in [-0.39, 0.29) is 41.5 Å². The largest absolute Gasteiger partial charge is 0.397 e. The predicted octanol–water partition coefficient (Wildman–Crippen LogP) is 4.30. The summed E-state index contributed by atoms with van der Waals surface area (Å²) in [5.74, 6) is 0.368. The van der Waals surface area contributed by atoms with Crippen molar-refractivity contribution in [1.82, 2.24) is 48.8 Å². The molecule has 79 heavy (non-hydrogen) atoms. The molecule has 2 aromatic heterocycles. The van der Waals surface area contributed by atoms with Crippen LogP contribution in [0.15, 0.2) is 74.8 Å². The van der Waals surface area contributed by atoms with Crippen molar-refractivity contribution in [3.8, 4) is 11.3 Å². The third-order valence-electron chi connectivity index (χ3n) is 15.2. The molecule has 23 nitrogen and oxygen atoms in total. The number of piperidine rings is 5. The zero-order chi connectivity index (χ0) is 56.4. The van der Waals surface area contributed by atoms with Gasteiger partial charge in [0.25, 0.3) is 5.91 Å². The molecule has 0 aliphatic carbocycles. The van der Waals surface area contributed by atoms with Crippen molar-refractivity contribution >= 4 is 98.7 Å². The molecule has 25 heteroatoms. The number of aromatic nitrogens is 3. The molecule has 0 unspecified atom stereocenters. The molecule has 0 spiro atoms. The summed E-state index contributed by atoms with van der Waals surface area (Å²) in [6, 6.07) is 14.0. The van der Waals surface area contributed by atoms with E-state index in [9.17, 15) is 43.2 Å². The number of nitrogens with two attached hydrogens (primary N) is 2. The lowest BCUT2D eigenvalue weighted by Crippen LogP contribution is -2.50. The number of benzene rings is 2. The number of nitrogens with one attached hydrogen (secondary N) is 3. The third-order valence-corrected chi connectivity index (χ3v) is 16.5. The van der Waals surface area contributed by atoms with Gasteiger partial charge in [-0.05, 0) is 114 Å². The predicted molar refractivity (Wildman–Crippen MR) is 304 cm³/mol. The van der Waals surface area contributed by atoms with Gasteiger partial charge in [0, 0.05) is 147 Å². The Morgan fingerprint density at radius 2 is 1.10 bits per heavy atom. The van der Waals surface area contributed by atoms with Gasteiger partial charge >= 0.3 is 11.7 Å². The summed E-state index contributed by atoms with van der Waals surface area (Å²) in [5, 5.41) is 6.18. The number of halogens is 2. The number of pyridine rings is 1. The minimum atomic E-state index is -0.131. The van der Waals surface area contributed by atoms with Crippen molar-refractivity contribution < 1.29 is 38.4 Å². The molecule has 0 bridgehead atoms. The van der Waals surface area contributed by atoms with E-state index in [4.69, 9.17) is 11.5 Å². The highest BCUT2D eigenvalue weighted by molar-refractivity contribution is 9.11. The van der Waals surface area contributed by atoms with Crippen LogP contribution in [0.2, 0.25) is 0 Å². The van der Waals surface area contributed by atoms with Crippen LogP contribution in [0.4, 0.5) is 21.9 Å². The quantitative estimate of drug-likeness (QED) is 0.116. The second-order valence-corrected chi connectivity index (χ2v) is 22.0. The smallest absolute Gasteiger partial charge is 0.326 e. The molecule has 5 saturated heterocycles. The number of Topliss-reactive ketones (excluding diaryl/α,β-unsaturated/α-hetero) is 1. The topological polar surface area (TPSA) is 286 Å². The van der Waals surface area contributed by atoms with Crippen molar-refractivity contribution in [2.24, 2.45) is 5.73 Å². The van der Waals surface area contributed by atoms with Gasteiger partial charge in [0.2, 0.25) is 32.1 Å². The number of likely N-dealkylation sites (tertiary alicyclic amines) is 5. The number of H-pyrrole nitrogens is 1. The first-order chi connectivity index (χ1) is 38.2. The van der Waals surface area contributed by atoms with Crippen molar-refractivity contribution in [3.05, 3.63) is 91.6 Å². The lowest BCUT2D eigenvalue weighted by molar-refractivity contribution is -0.126. The Kier molecular flexibility index (Phi) is 22.0. The third kappa shape index (κ3) is 16.2. The Morgan fingerprint density at radius 1 is 0.608 bits per heavy atom. The van der Waals surface area contributed by atoms with Gasteiger partial charge in [-0.2, -0.15) is 0 Å². The molecule has 11 rings (SSSR count). The summed E-state index contributed by atoms with van der Waals surface area (Å²) < 4.78 is 3.28. The van der Waals surface area contributed by atoms with Gasteiger partial charge in [-0.3, -0.25) is 43.1 Å². The summed E-state index contributed by atoms with van der Waals surface area (Å²) in [4.78, 5) is 119. The van der Waals surface area contributed by atoms with Gasteiger partial charge in [-0.25, -0.2) is 9.59 Å². The van der Waals surface area contributed by atoms with Gasteiger partial charge in [-0.1, -0.05) is 12.1 Å². The first-order valence-electron chi connectivity index (χ1n) is 26.7. The number of imidazole rings is 1. The van der Waals surface area contributed by atoms with Gasteiger partial charge < -0.3 is 61.4 Å². The van der Waals surface area contributed by atoms with Gasteiger partial charge in [-0.15, -0.1) is 0 Å². The zero-order valence-corrected chi connectivity index (χ0v) is 47.3. The number of carbonyl (C=O) groups is 8. The van der Waals surface area contributed by atoms with Crippen LogP contribution in [-0.4, -0.2) is 189 Å². The SMILES string of the molecule is NC1CCN(C=O)CC1.Nc1c(Br)cc(-c2cn(C3CCN(C=O)CC3)c(=O)[nH]2)cc1Br.O=CN1CCC(=O)CC1.O=CN1CCC(N2CNc3ccccc3C2=O)CC1.O=CN1CCC(N2Cc3cnccc3NC2=O)CC1. The summed E-state index contributed by atoms with van der Waals surface area (Å²) in [6.07, 6.45) is 17.6. The number of ketones is 1. The molecule has 7 aliphatic rings. The fourth-order valence-corrected chi connectivity index (χ4v) is 11.5. The fraction of sp³-hybridized carbons (Fsp3) is 0.481. The Hall–Kier alpha value is -7.12. The Balaban J connectivity index is 0.000000149. The van der Waals surface area contributed by atoms with Crippen LogP contribution in [0.1, 0.15) is 86.2 Å². The molecule has 0 atom stereocenters. The number of aromatic amines is 1. The molecule has 0 saturated carbocycles. The first-order valence-corrected chi connectivity index (χ1v) is 28.2. The second kappa shape index (κ2) is 29.2. The number of hydrogen-bond acceptors (Lipinski definition) is 13. The van der Waals surface area contributed by atoms with E-state index in [0.29, 0.717) is 64.0 Å². The highest BCUT2D eigenvalue weighted by Gasteiger charge is 2.33. The molecule has 8 amide bonds. The maximum Gasteiger partial charge on any atom is 0.326 e. The van der Waals surface area contributed by atoms with E-state index >= 15 is 0 Å². The molecular weight excluding hydrogens is 1150 g/mol. The number of hydrogen-bond donors (Lipinski definition) is 5. The maximum absolute atomic E-state index is 12.5. The normalized spacial score (nSPS) is 19.0. The molecular formula is C54H70Br2N14O9. The summed E-state index contributed by atoms with van der Waals surface area (Å²) in [5.41, 5.74) is 17.2. The van der Waals surface area contributed by atoms with Gasteiger partial charge in [0.05, 0.1) is 35.8 Å². The number of para-hydroxylation sites is 1. The van der Waals surface area contributed by atoms with Crippen LogP contribution in [-0.2, 0) is 35.3 Å². The molecule has 5 fully saturated rings. The van der Waals surface area contributed by atoms with Crippen molar-refractivity contribution in [2.75, 3.05) is 88.5 Å². The highest BCUT2D eigenvalue weighted by Crippen LogP contribution is 2.34. The van der Waals surface area contributed by atoms with Crippen molar-refractivity contribution in [1.29, 1.82) is 0 Å². The molecule has 7 aliphatic heterocycles. The molecule has 9 heterocycles. The van der Waals surface area contributed by atoms with Crippen LogP contribution in [0.5, 0.6) is 0 Å². The van der Waals surface area contributed by atoms with E-state index in [1.165, 1.54) is 0 Å². The second-order valence-electron chi connectivity index (χ2n) is 20.3. The van der Waals surface area contributed by atoms with Gasteiger partial charge in [0.1, 0.15) is 5.78 Å². The Labute approximate surface area is 475 Å². The minimum Gasteiger partial charge on any atom is -0.397 e. The van der Waals surface area contributed by atoms with Crippen LogP contribution >= 0.6 is 31.9 Å². The number of anilines is 3. The van der Waals surface area contributed by atoms with E-state index in [2.05, 4.69) is 52.5 Å². The van der Waals surface area contributed by atoms with Crippen molar-refractivity contribution in [2.45, 2.75) is 94.9 Å². The van der Waals surface area contributed by atoms with Crippen LogP contribution in [0.3, 0.4) is 0 Å². The molecule has 2 aromatic carbocycles. The Morgan fingerprint density at radius 3 is 1.65 bits per heavy atom. The summed E-state index contributed by atoms with van der Waals surface area (Å²) >= 11 is 6.84. The number of amides is 8. The lowest BCUT2D eigenvalue weighted by atomic mass is 10.0. The molecule has 0 radical (unpaired) electrons. The zero-order valence-electron chi connectivity index (χ0n) is 44.1. The average molecular weight is 1220 g/mol. The van der Waals surface area contributed by atoms with Crippen LogP contribution < -0.4 is 27.8 Å². The molecule has 424 valence electrons. The molecule has 4 aromatic rings. The Bertz CT molecular complexity index is 2740. The van der Waals surface area contributed by atoms with E-state index in [0.717, 1.165) is 165 Å². The lowest BCUT2D eigenvalue weighted by Gasteiger charge is -2.39. The number of urea groups is 1. The number of fused-ring (bicyclic) bond motifs is 2. The highest BCUT2D eigenvalue weighted by atomic mass is 79.9. The number of rotatable bonds is 9. The fourth-order valence-electron chi connectivity index (χ4n) is 10.3. The summed E-state index contributed by atoms with van der Waals surface area (Å²) in [6.45, 7) is 8.33. The number of carbonyl (C=O) groups excluding carboxylic acids is 8. The summed E-state index contributed by atoms with van der Waals surface area (Å²) in [7, 11) is 0. The van der Waals surface area contributed by atoms with Crippen LogP contribution in [0, 0.1) is 0 Å². The monoisotopic (exact) mass is 1220 g/mol. The maximum atomic E-state index is 12.5. The van der Waals surface area contributed by atoms with Crippen LogP contribution in [0.25, 0.3) is 11.3 Å². The number of nitrogens with zero attached hydrogens (tertiary/aromatic N) is 9. The number of nitrogen functional groups attached to an aromatic ring is 1. The van der Waals surface area contributed by atoms with E-state index in [1.807, 2.05) is 58.5 Å². The minimum absolute atomic E-state index is 0.0525. The van der Waals surface area contributed by atoms with Crippen molar-refractivity contribution in [3.63, 3.8) is 0 Å². The van der Waals surface area contributed by atoms with E-state index < -0.39 is 0 Å². The molecule has 7 N–H and O–H groups in total. The van der Waals surface area contributed by atoms with E-state index in [1.54, 1.807) is 41.5 Å². The average Bonchev–Trinajstić information content (AvgIpc) is 3.93. The first kappa shape index (κ1) is 59.5. The standard InChI is InChI=1S/C15H16Br2N4O2.C14H17N3O2.C13H16N4O2.C6H12N2O.C6H9NO2/c16-11-5-9(6-12(17)14(11)18)13-7-21(15(23)19-13)10-1-3-20(8-22)4-2-10;18-10-16-7-5-11(6-8-16)17-9-15-13-4-2-1-3-12(13)14(17)19;18-9-16-5-2-11(3-6-16)17-8-10-7-14-4-1-12(10)15-13(17)19;7-6-1-3-8(5-9)4-2-6;8-5-7-3-1-6(9)2-4-7/h5-8,10H,1-4,18H2,(H,19,23);1-4,10-11,15H,5-9H2;1,4,7,9,11H,2-3,5-6,8H2,(H,15,19);5-6H,1-4,7H2;5H,1-4H2.